The van der Waals surface area contributed by atoms with Gasteiger partial charge in [0.1, 0.15) is 0 Å². The minimum atomic E-state index is 0.588. The summed E-state index contributed by atoms with van der Waals surface area (Å²) in [5, 5.41) is 0. The van der Waals surface area contributed by atoms with Crippen molar-refractivity contribution in [2.45, 2.75) is 40.2 Å². The van der Waals surface area contributed by atoms with E-state index in [9.17, 15) is 0 Å². The molecule has 0 N–H and O–H groups in total. The summed E-state index contributed by atoms with van der Waals surface area (Å²) >= 11 is 0. The average molecular weight is 155 g/mol. The molecule has 1 unspecified atom stereocenters. The van der Waals surface area contributed by atoms with Crippen LogP contribution in [0.2, 0.25) is 0 Å². The Kier molecular flexibility index (Phi) is 5.22. The standard InChI is InChI=1S/C10H21N/c1-6-10(9(4)5)11(7-2)8-3/h10H,4,6-8H2,1-3,5H3. The minimum Gasteiger partial charge on any atom is -0.297 e. The first-order chi connectivity index (χ1) is 5.17. The zero-order valence-corrected chi connectivity index (χ0v) is 8.35. The van der Waals surface area contributed by atoms with Crippen molar-refractivity contribution >= 4 is 0 Å². The Bertz CT molecular complexity index is 114. The third kappa shape index (κ3) is 3.06. The van der Waals surface area contributed by atoms with Gasteiger partial charge in [0.15, 0.2) is 0 Å². The Morgan fingerprint density at radius 2 is 1.73 bits per heavy atom. The molecule has 0 amide bonds. The van der Waals surface area contributed by atoms with Crippen LogP contribution in [-0.2, 0) is 0 Å². The van der Waals surface area contributed by atoms with Gasteiger partial charge < -0.3 is 0 Å². The van der Waals surface area contributed by atoms with E-state index in [1.807, 2.05) is 0 Å². The summed E-state index contributed by atoms with van der Waals surface area (Å²) in [6, 6.07) is 0.588. The second-order valence-corrected chi connectivity index (χ2v) is 2.99. The molecule has 0 aromatic rings. The zero-order valence-electron chi connectivity index (χ0n) is 8.35. The normalized spacial score (nSPS) is 13.5. The van der Waals surface area contributed by atoms with Crippen molar-refractivity contribution in [2.24, 2.45) is 0 Å². The minimum absolute atomic E-state index is 0.588. The van der Waals surface area contributed by atoms with Gasteiger partial charge in [0.25, 0.3) is 0 Å². The first-order valence-corrected chi connectivity index (χ1v) is 4.56. The Hall–Kier alpha value is -0.300. The summed E-state index contributed by atoms with van der Waals surface area (Å²) in [6.07, 6.45) is 1.18. The highest BCUT2D eigenvalue weighted by atomic mass is 15.1. The lowest BCUT2D eigenvalue weighted by Crippen LogP contribution is -2.35. The molecule has 1 nitrogen and oxygen atoms in total. The smallest absolute Gasteiger partial charge is 0.0299 e. The van der Waals surface area contributed by atoms with Crippen molar-refractivity contribution in [3.63, 3.8) is 0 Å². The highest BCUT2D eigenvalue weighted by molar-refractivity contribution is 5.01. The van der Waals surface area contributed by atoms with Gasteiger partial charge in [-0.1, -0.05) is 32.9 Å². The van der Waals surface area contributed by atoms with Gasteiger partial charge in [-0.05, 0) is 26.4 Å². The monoisotopic (exact) mass is 155 g/mol. The van der Waals surface area contributed by atoms with Gasteiger partial charge in [0.2, 0.25) is 0 Å². The van der Waals surface area contributed by atoms with Crippen molar-refractivity contribution in [1.29, 1.82) is 0 Å². The molecule has 0 aromatic carbocycles. The van der Waals surface area contributed by atoms with Crippen LogP contribution in [0.25, 0.3) is 0 Å². The maximum absolute atomic E-state index is 4.00. The fourth-order valence-corrected chi connectivity index (χ4v) is 1.58. The molecule has 0 spiro atoms. The van der Waals surface area contributed by atoms with Gasteiger partial charge in [0, 0.05) is 6.04 Å². The summed E-state index contributed by atoms with van der Waals surface area (Å²) in [7, 11) is 0. The molecule has 1 heteroatoms. The molecule has 11 heavy (non-hydrogen) atoms. The van der Waals surface area contributed by atoms with Gasteiger partial charge in [0.05, 0.1) is 0 Å². The van der Waals surface area contributed by atoms with E-state index in [2.05, 4.69) is 39.2 Å². The molecule has 1 atom stereocenters. The van der Waals surface area contributed by atoms with Gasteiger partial charge in [-0.25, -0.2) is 0 Å². The van der Waals surface area contributed by atoms with Crippen molar-refractivity contribution in [2.75, 3.05) is 13.1 Å². The van der Waals surface area contributed by atoms with Crippen molar-refractivity contribution in [3.8, 4) is 0 Å². The third-order valence-electron chi connectivity index (χ3n) is 2.21. The largest absolute Gasteiger partial charge is 0.297 e. The fraction of sp³-hybridized carbons (Fsp3) is 0.800. The maximum atomic E-state index is 4.00. The SMILES string of the molecule is C=C(C)C(CC)N(CC)CC. The summed E-state index contributed by atoms with van der Waals surface area (Å²) in [5.41, 5.74) is 1.29. The molecule has 0 saturated heterocycles. The summed E-state index contributed by atoms with van der Waals surface area (Å²) in [4.78, 5) is 2.45. The van der Waals surface area contributed by atoms with E-state index in [-0.39, 0.29) is 0 Å². The third-order valence-corrected chi connectivity index (χ3v) is 2.21. The molecule has 0 aliphatic carbocycles. The number of rotatable bonds is 5. The Labute approximate surface area is 71.1 Å². The second kappa shape index (κ2) is 5.36. The predicted octanol–water partition coefficient (Wildman–Crippen LogP) is 2.68. The van der Waals surface area contributed by atoms with E-state index in [1.54, 1.807) is 0 Å². The molecule has 66 valence electrons. The lowest BCUT2D eigenvalue weighted by atomic mass is 10.1. The van der Waals surface area contributed by atoms with E-state index >= 15 is 0 Å². The quantitative estimate of drug-likeness (QED) is 0.552. The molecule has 0 aromatic heterocycles. The summed E-state index contributed by atoms with van der Waals surface area (Å²) in [5.74, 6) is 0. The number of hydrogen-bond acceptors (Lipinski definition) is 1. The van der Waals surface area contributed by atoms with Crippen molar-refractivity contribution in [3.05, 3.63) is 12.2 Å². The van der Waals surface area contributed by atoms with E-state index in [0.717, 1.165) is 13.1 Å². The predicted molar refractivity (Wildman–Crippen MR) is 51.8 cm³/mol. The lowest BCUT2D eigenvalue weighted by molar-refractivity contribution is 0.239. The second-order valence-electron chi connectivity index (χ2n) is 2.99. The average Bonchev–Trinajstić information content (AvgIpc) is 1.99. The van der Waals surface area contributed by atoms with Crippen LogP contribution in [0.3, 0.4) is 0 Å². The van der Waals surface area contributed by atoms with Crippen LogP contribution in [0.4, 0.5) is 0 Å². The van der Waals surface area contributed by atoms with Crippen LogP contribution < -0.4 is 0 Å². The van der Waals surface area contributed by atoms with Crippen LogP contribution in [0, 0.1) is 0 Å². The summed E-state index contributed by atoms with van der Waals surface area (Å²) < 4.78 is 0. The molecule has 0 radical (unpaired) electrons. The van der Waals surface area contributed by atoms with Crippen LogP contribution >= 0.6 is 0 Å². The number of likely N-dealkylation sites (N-methyl/N-ethyl adjacent to an activating group) is 1. The number of hydrogen-bond donors (Lipinski definition) is 0. The van der Waals surface area contributed by atoms with E-state index < -0.39 is 0 Å². The topological polar surface area (TPSA) is 3.24 Å². The highest BCUT2D eigenvalue weighted by Gasteiger charge is 2.12. The Morgan fingerprint density at radius 1 is 1.27 bits per heavy atom. The Balaban J connectivity index is 4.09. The van der Waals surface area contributed by atoms with Gasteiger partial charge in [-0.2, -0.15) is 0 Å². The Morgan fingerprint density at radius 3 is 1.82 bits per heavy atom. The lowest BCUT2D eigenvalue weighted by Gasteiger charge is -2.28. The van der Waals surface area contributed by atoms with E-state index in [0.29, 0.717) is 6.04 Å². The van der Waals surface area contributed by atoms with Gasteiger partial charge in [-0.15, -0.1) is 0 Å². The van der Waals surface area contributed by atoms with Crippen molar-refractivity contribution in [1.82, 2.24) is 4.90 Å². The molecule has 0 rings (SSSR count). The molecule has 0 saturated carbocycles. The maximum Gasteiger partial charge on any atom is 0.0299 e. The molecule has 0 fully saturated rings. The first kappa shape index (κ1) is 10.7. The van der Waals surface area contributed by atoms with Gasteiger partial charge >= 0.3 is 0 Å². The van der Waals surface area contributed by atoms with Crippen LogP contribution in [0.5, 0.6) is 0 Å². The number of nitrogens with zero attached hydrogens (tertiary/aromatic N) is 1. The molecule has 0 aliphatic rings. The van der Waals surface area contributed by atoms with E-state index in [1.165, 1.54) is 12.0 Å². The van der Waals surface area contributed by atoms with Crippen LogP contribution in [-0.4, -0.2) is 24.0 Å². The highest BCUT2D eigenvalue weighted by Crippen LogP contribution is 2.11. The first-order valence-electron chi connectivity index (χ1n) is 4.56. The summed E-state index contributed by atoms with van der Waals surface area (Å²) in [6.45, 7) is 15.0. The fourth-order valence-electron chi connectivity index (χ4n) is 1.58. The van der Waals surface area contributed by atoms with Crippen LogP contribution in [0.15, 0.2) is 12.2 Å². The zero-order chi connectivity index (χ0) is 8.85. The molecule has 0 bridgehead atoms. The van der Waals surface area contributed by atoms with Crippen LogP contribution in [0.1, 0.15) is 34.1 Å². The van der Waals surface area contributed by atoms with Gasteiger partial charge in [-0.3, -0.25) is 4.90 Å². The molecule has 0 aliphatic heterocycles. The molecular weight excluding hydrogens is 134 g/mol. The molecular formula is C10H21N. The van der Waals surface area contributed by atoms with Crippen molar-refractivity contribution < 1.29 is 0 Å². The van der Waals surface area contributed by atoms with E-state index in [4.69, 9.17) is 0 Å². The molecule has 0 heterocycles.